The molecule has 0 amide bonds. The number of nitrogens with one attached hydrogen (secondary N) is 2. The van der Waals surface area contributed by atoms with Crippen LogP contribution < -0.4 is 16.6 Å². The number of nitrogens with zero attached hydrogens (tertiary/aromatic N) is 2. The van der Waals surface area contributed by atoms with E-state index in [0.717, 1.165) is 11.6 Å². The Morgan fingerprint density at radius 2 is 2.32 bits per heavy atom. The second kappa shape index (κ2) is 7.52. The predicted octanol–water partition coefficient (Wildman–Crippen LogP) is 1.61. The summed E-state index contributed by atoms with van der Waals surface area (Å²) in [5.41, 5.74) is 2.57. The molecule has 1 aliphatic heterocycles. The zero-order valence-electron chi connectivity index (χ0n) is 11.2. The number of hydrazine groups is 1. The number of aromatic nitrogens is 2. The van der Waals surface area contributed by atoms with Gasteiger partial charge in [0.2, 0.25) is 0 Å². The van der Waals surface area contributed by atoms with Crippen molar-refractivity contribution in [1.82, 2.24) is 9.97 Å². The summed E-state index contributed by atoms with van der Waals surface area (Å²) in [6.07, 6.45) is 2.43. The molecule has 0 spiro atoms. The average Bonchev–Trinajstić information content (AvgIpc) is 2.46. The summed E-state index contributed by atoms with van der Waals surface area (Å²) in [4.78, 5) is 8.73. The minimum atomic E-state index is 0.403. The minimum Gasteiger partial charge on any atom is -0.374 e. The molecule has 0 aliphatic carbocycles. The lowest BCUT2D eigenvalue weighted by atomic mass is 10.2. The second-order valence-electron chi connectivity index (χ2n) is 4.39. The van der Waals surface area contributed by atoms with E-state index in [-0.39, 0.29) is 0 Å². The van der Waals surface area contributed by atoms with Crippen molar-refractivity contribution < 1.29 is 4.74 Å². The fourth-order valence-corrected chi connectivity index (χ4v) is 3.04. The molecule has 0 aromatic carbocycles. The third kappa shape index (κ3) is 4.52. The van der Waals surface area contributed by atoms with Gasteiger partial charge in [-0.15, -0.1) is 0 Å². The first-order chi connectivity index (χ1) is 9.31. The molecular weight excluding hydrogens is 262 g/mol. The maximum Gasteiger partial charge on any atom is 0.158 e. The van der Waals surface area contributed by atoms with Crippen LogP contribution in [0, 0.1) is 0 Å². The van der Waals surface area contributed by atoms with Crippen molar-refractivity contribution in [2.75, 3.05) is 28.9 Å². The molecule has 2 rings (SSSR count). The molecule has 1 unspecified atom stereocenters. The Kier molecular flexibility index (Phi) is 5.68. The van der Waals surface area contributed by atoms with Crippen molar-refractivity contribution in [3.8, 4) is 0 Å². The molecule has 1 aromatic heterocycles. The van der Waals surface area contributed by atoms with Crippen LogP contribution >= 0.6 is 11.8 Å². The van der Waals surface area contributed by atoms with Gasteiger partial charge in [0, 0.05) is 24.5 Å². The highest BCUT2D eigenvalue weighted by Crippen LogP contribution is 2.21. The Hall–Kier alpha value is -1.05. The van der Waals surface area contributed by atoms with Gasteiger partial charge in [0.15, 0.2) is 5.82 Å². The van der Waals surface area contributed by atoms with Gasteiger partial charge in [-0.25, -0.2) is 15.8 Å². The molecule has 1 aromatic rings. The molecule has 0 radical (unpaired) electrons. The SMILES string of the molecule is CCOCc1nc(NN)cc(NC2CCCSC2)n1. The summed E-state index contributed by atoms with van der Waals surface area (Å²) in [6, 6.07) is 2.30. The molecule has 6 nitrogen and oxygen atoms in total. The van der Waals surface area contributed by atoms with Crippen molar-refractivity contribution in [1.29, 1.82) is 0 Å². The van der Waals surface area contributed by atoms with E-state index in [4.69, 9.17) is 10.6 Å². The zero-order chi connectivity index (χ0) is 13.5. The number of ether oxygens (including phenoxy) is 1. The number of nitrogens with two attached hydrogens (primary N) is 1. The Bertz CT molecular complexity index is 398. The number of thioether (sulfide) groups is 1. The topological polar surface area (TPSA) is 85.1 Å². The third-order valence-corrected chi connectivity index (χ3v) is 4.08. The quantitative estimate of drug-likeness (QED) is 0.540. The van der Waals surface area contributed by atoms with E-state index in [1.165, 1.54) is 18.6 Å². The van der Waals surface area contributed by atoms with Crippen molar-refractivity contribution in [3.05, 3.63) is 11.9 Å². The Morgan fingerprint density at radius 1 is 1.47 bits per heavy atom. The second-order valence-corrected chi connectivity index (χ2v) is 5.54. The predicted molar refractivity (Wildman–Crippen MR) is 79.1 cm³/mol. The molecule has 1 atom stereocenters. The maximum atomic E-state index is 5.44. The molecule has 7 heteroatoms. The maximum absolute atomic E-state index is 5.44. The van der Waals surface area contributed by atoms with Crippen LogP contribution in [0.15, 0.2) is 6.07 Å². The van der Waals surface area contributed by atoms with E-state index < -0.39 is 0 Å². The van der Waals surface area contributed by atoms with Gasteiger partial charge < -0.3 is 15.5 Å². The van der Waals surface area contributed by atoms with Gasteiger partial charge in [-0.05, 0) is 25.5 Å². The lowest BCUT2D eigenvalue weighted by Crippen LogP contribution is -2.26. The van der Waals surface area contributed by atoms with Crippen LogP contribution in [0.3, 0.4) is 0 Å². The van der Waals surface area contributed by atoms with E-state index in [1.807, 2.05) is 24.8 Å². The number of hydrogen-bond donors (Lipinski definition) is 3. The molecule has 1 aliphatic rings. The van der Waals surface area contributed by atoms with E-state index >= 15 is 0 Å². The van der Waals surface area contributed by atoms with Crippen LogP contribution in [0.1, 0.15) is 25.6 Å². The van der Waals surface area contributed by atoms with E-state index in [2.05, 4.69) is 20.7 Å². The number of anilines is 2. The molecular formula is C12H21N5OS. The van der Waals surface area contributed by atoms with Crippen LogP contribution in [0.5, 0.6) is 0 Å². The first kappa shape index (κ1) is 14.4. The van der Waals surface area contributed by atoms with Crippen LogP contribution in [0.25, 0.3) is 0 Å². The third-order valence-electron chi connectivity index (χ3n) is 2.87. The summed E-state index contributed by atoms with van der Waals surface area (Å²) >= 11 is 1.98. The van der Waals surface area contributed by atoms with Gasteiger partial charge in [-0.3, -0.25) is 0 Å². The number of rotatable bonds is 6. The Labute approximate surface area is 117 Å². The summed E-state index contributed by atoms with van der Waals surface area (Å²) < 4.78 is 5.34. The van der Waals surface area contributed by atoms with Crippen LogP contribution in [-0.4, -0.2) is 34.1 Å². The summed E-state index contributed by atoms with van der Waals surface area (Å²) in [6.45, 7) is 3.00. The van der Waals surface area contributed by atoms with Gasteiger partial charge in [-0.2, -0.15) is 11.8 Å². The van der Waals surface area contributed by atoms with Gasteiger partial charge >= 0.3 is 0 Å². The van der Waals surface area contributed by atoms with Crippen LogP contribution in [-0.2, 0) is 11.3 Å². The number of hydrogen-bond acceptors (Lipinski definition) is 7. The molecule has 1 fully saturated rings. The lowest BCUT2D eigenvalue weighted by molar-refractivity contribution is 0.128. The van der Waals surface area contributed by atoms with Crippen LogP contribution in [0.2, 0.25) is 0 Å². The lowest BCUT2D eigenvalue weighted by Gasteiger charge is -2.23. The van der Waals surface area contributed by atoms with E-state index in [1.54, 1.807) is 0 Å². The zero-order valence-corrected chi connectivity index (χ0v) is 12.0. The molecule has 4 N–H and O–H groups in total. The minimum absolute atomic E-state index is 0.403. The molecule has 0 saturated carbocycles. The van der Waals surface area contributed by atoms with Crippen molar-refractivity contribution >= 4 is 23.4 Å². The largest absolute Gasteiger partial charge is 0.374 e. The molecule has 2 heterocycles. The van der Waals surface area contributed by atoms with Crippen molar-refractivity contribution in [2.24, 2.45) is 5.84 Å². The van der Waals surface area contributed by atoms with Gasteiger partial charge in [0.25, 0.3) is 0 Å². The van der Waals surface area contributed by atoms with Crippen molar-refractivity contribution in [3.63, 3.8) is 0 Å². The van der Waals surface area contributed by atoms with Crippen LogP contribution in [0.4, 0.5) is 11.6 Å². The summed E-state index contributed by atoms with van der Waals surface area (Å²) in [7, 11) is 0. The molecule has 106 valence electrons. The first-order valence-electron chi connectivity index (χ1n) is 6.58. The Morgan fingerprint density at radius 3 is 3.00 bits per heavy atom. The molecule has 0 bridgehead atoms. The highest BCUT2D eigenvalue weighted by atomic mass is 32.2. The normalized spacial score (nSPS) is 19.2. The van der Waals surface area contributed by atoms with Gasteiger partial charge in [-0.1, -0.05) is 0 Å². The average molecular weight is 283 g/mol. The Balaban J connectivity index is 2.04. The molecule has 1 saturated heterocycles. The highest BCUT2D eigenvalue weighted by molar-refractivity contribution is 7.99. The van der Waals surface area contributed by atoms with E-state index in [0.29, 0.717) is 30.9 Å². The standard InChI is InChI=1S/C12H21N5OS/c1-2-18-7-12-15-10(6-11(16-12)17-13)14-9-4-3-5-19-8-9/h6,9H,2-5,7-8,13H2,1H3,(H2,14,15,16,17). The fourth-order valence-electron chi connectivity index (χ4n) is 1.97. The first-order valence-corrected chi connectivity index (χ1v) is 7.74. The highest BCUT2D eigenvalue weighted by Gasteiger charge is 2.14. The van der Waals surface area contributed by atoms with Crippen molar-refractivity contribution in [2.45, 2.75) is 32.4 Å². The monoisotopic (exact) mass is 283 g/mol. The molecule has 19 heavy (non-hydrogen) atoms. The van der Waals surface area contributed by atoms with E-state index in [9.17, 15) is 0 Å². The summed E-state index contributed by atoms with van der Waals surface area (Å²) in [5, 5.41) is 3.45. The fraction of sp³-hybridized carbons (Fsp3) is 0.667. The summed E-state index contributed by atoms with van der Waals surface area (Å²) in [5.74, 6) is 9.87. The van der Waals surface area contributed by atoms with Gasteiger partial charge in [0.1, 0.15) is 18.2 Å². The number of nitrogen functional groups attached to an aromatic ring is 1. The van der Waals surface area contributed by atoms with Gasteiger partial charge in [0.05, 0.1) is 0 Å². The smallest absolute Gasteiger partial charge is 0.158 e.